The highest BCUT2D eigenvalue weighted by atomic mass is 16.5. The van der Waals surface area contributed by atoms with E-state index in [1.54, 1.807) is 0 Å². The van der Waals surface area contributed by atoms with E-state index in [4.69, 9.17) is 10.00 Å². The fourth-order valence-corrected chi connectivity index (χ4v) is 2.14. The highest BCUT2D eigenvalue weighted by Crippen LogP contribution is 2.20. The second kappa shape index (κ2) is 6.88. The number of nitriles is 1. The molecule has 0 amide bonds. The molecule has 1 aliphatic rings. The molecule has 0 aliphatic heterocycles. The molecule has 1 saturated carbocycles. The molecule has 16 heavy (non-hydrogen) atoms. The van der Waals surface area contributed by atoms with Gasteiger partial charge in [-0.15, -0.1) is 0 Å². The molecule has 1 rings (SSSR count). The first-order valence-electron chi connectivity index (χ1n) is 6.42. The Morgan fingerprint density at radius 1 is 1.38 bits per heavy atom. The lowest BCUT2D eigenvalue weighted by Crippen LogP contribution is -2.38. The molecule has 1 unspecified atom stereocenters. The summed E-state index contributed by atoms with van der Waals surface area (Å²) in [6.07, 6.45) is 8.74. The summed E-state index contributed by atoms with van der Waals surface area (Å²) >= 11 is 0. The molecular weight excluding hydrogens is 200 g/mol. The lowest BCUT2D eigenvalue weighted by atomic mass is 9.97. The molecule has 0 saturated heterocycles. The first kappa shape index (κ1) is 13.5. The highest BCUT2D eigenvalue weighted by Gasteiger charge is 2.20. The van der Waals surface area contributed by atoms with Crippen molar-refractivity contribution in [3.05, 3.63) is 0 Å². The van der Waals surface area contributed by atoms with Crippen molar-refractivity contribution >= 4 is 0 Å². The molecular formula is C13H24N2O. The normalized spacial score (nSPS) is 21.3. The van der Waals surface area contributed by atoms with Crippen molar-refractivity contribution in [2.75, 3.05) is 13.7 Å². The average molecular weight is 224 g/mol. The van der Waals surface area contributed by atoms with Gasteiger partial charge in [-0.2, -0.15) is 5.26 Å². The largest absolute Gasteiger partial charge is 0.378 e. The van der Waals surface area contributed by atoms with Crippen LogP contribution in [0.4, 0.5) is 0 Å². The zero-order valence-corrected chi connectivity index (χ0v) is 10.6. The van der Waals surface area contributed by atoms with Gasteiger partial charge in [-0.3, -0.25) is 0 Å². The molecule has 1 N–H and O–H groups in total. The highest BCUT2D eigenvalue weighted by molar-refractivity contribution is 5.02. The number of ether oxygens (including phenoxy) is 1. The van der Waals surface area contributed by atoms with E-state index in [1.165, 1.54) is 32.1 Å². The van der Waals surface area contributed by atoms with Crippen LogP contribution in [-0.2, 0) is 4.74 Å². The van der Waals surface area contributed by atoms with Gasteiger partial charge in [-0.25, -0.2) is 0 Å². The maximum absolute atomic E-state index is 8.98. The van der Waals surface area contributed by atoms with Crippen LogP contribution in [0.5, 0.6) is 0 Å². The Balaban J connectivity index is 2.09. The van der Waals surface area contributed by atoms with E-state index in [-0.39, 0.29) is 0 Å². The van der Waals surface area contributed by atoms with Crippen LogP contribution in [-0.4, -0.2) is 25.3 Å². The van der Waals surface area contributed by atoms with Crippen molar-refractivity contribution in [3.63, 3.8) is 0 Å². The quantitative estimate of drug-likeness (QED) is 0.705. The van der Waals surface area contributed by atoms with Crippen LogP contribution in [0.2, 0.25) is 0 Å². The van der Waals surface area contributed by atoms with Crippen LogP contribution in [0, 0.1) is 11.3 Å². The molecule has 92 valence electrons. The lowest BCUT2D eigenvalue weighted by Gasteiger charge is -2.24. The van der Waals surface area contributed by atoms with Crippen molar-refractivity contribution < 1.29 is 4.74 Å². The molecule has 3 nitrogen and oxygen atoms in total. The third kappa shape index (κ3) is 4.51. The fourth-order valence-electron chi connectivity index (χ4n) is 2.14. The number of hydrogen-bond donors (Lipinski definition) is 1. The average Bonchev–Trinajstić information content (AvgIpc) is 2.36. The van der Waals surface area contributed by atoms with E-state index in [0.29, 0.717) is 6.10 Å². The number of rotatable bonds is 6. The van der Waals surface area contributed by atoms with E-state index in [0.717, 1.165) is 19.4 Å². The van der Waals surface area contributed by atoms with Crippen LogP contribution >= 0.6 is 0 Å². The van der Waals surface area contributed by atoms with Crippen molar-refractivity contribution in [1.29, 1.82) is 5.26 Å². The summed E-state index contributed by atoms with van der Waals surface area (Å²) in [5.41, 5.74) is -0.393. The van der Waals surface area contributed by atoms with Gasteiger partial charge in [0.05, 0.1) is 12.2 Å². The Labute approximate surface area is 99.2 Å². The van der Waals surface area contributed by atoms with Gasteiger partial charge < -0.3 is 10.1 Å². The predicted octanol–water partition coefficient (Wildman–Crippen LogP) is 2.62. The topological polar surface area (TPSA) is 45.0 Å². The molecule has 1 fully saturated rings. The third-order valence-electron chi connectivity index (χ3n) is 3.53. The number of nitrogens with one attached hydrogen (secondary N) is 1. The van der Waals surface area contributed by atoms with Gasteiger partial charge in [0.1, 0.15) is 5.54 Å². The lowest BCUT2D eigenvalue weighted by molar-refractivity contribution is 0.0249. The number of nitrogens with zero attached hydrogens (tertiary/aromatic N) is 1. The van der Waals surface area contributed by atoms with Gasteiger partial charge in [0, 0.05) is 6.61 Å². The molecule has 1 atom stereocenters. The minimum Gasteiger partial charge on any atom is -0.378 e. The van der Waals surface area contributed by atoms with Gasteiger partial charge in [-0.1, -0.05) is 19.3 Å². The van der Waals surface area contributed by atoms with Gasteiger partial charge in [0.2, 0.25) is 0 Å². The van der Waals surface area contributed by atoms with Crippen molar-refractivity contribution in [2.24, 2.45) is 0 Å². The van der Waals surface area contributed by atoms with E-state index < -0.39 is 5.54 Å². The summed E-state index contributed by atoms with van der Waals surface area (Å²) in [5.74, 6) is 0. The summed E-state index contributed by atoms with van der Waals surface area (Å²) in [7, 11) is 1.84. The second-order valence-corrected chi connectivity index (χ2v) is 4.93. The molecule has 0 aromatic rings. The van der Waals surface area contributed by atoms with Crippen molar-refractivity contribution in [3.8, 4) is 6.07 Å². The van der Waals surface area contributed by atoms with Crippen LogP contribution in [0.3, 0.4) is 0 Å². The second-order valence-electron chi connectivity index (χ2n) is 4.93. The van der Waals surface area contributed by atoms with E-state index in [9.17, 15) is 0 Å². The third-order valence-corrected chi connectivity index (χ3v) is 3.53. The molecule has 1 aliphatic carbocycles. The molecule has 3 heteroatoms. The minimum absolute atomic E-state index is 0.393. The Morgan fingerprint density at radius 3 is 2.62 bits per heavy atom. The Kier molecular flexibility index (Phi) is 5.79. The standard InChI is InChI=1S/C13H24N2O/c1-13(11-14,15-2)9-6-10-16-12-7-4-3-5-8-12/h12,15H,3-10H2,1-2H3. The fraction of sp³-hybridized carbons (Fsp3) is 0.923. The van der Waals surface area contributed by atoms with Gasteiger partial charge in [-0.05, 0) is 39.7 Å². The molecule has 0 bridgehead atoms. The Morgan fingerprint density at radius 2 is 2.06 bits per heavy atom. The first-order valence-corrected chi connectivity index (χ1v) is 6.42. The monoisotopic (exact) mass is 224 g/mol. The first-order chi connectivity index (χ1) is 7.70. The summed E-state index contributed by atoms with van der Waals surface area (Å²) in [5, 5.41) is 12.0. The van der Waals surface area contributed by atoms with Crippen molar-refractivity contribution in [2.45, 2.75) is 63.5 Å². The maximum Gasteiger partial charge on any atom is 0.103 e. The molecule has 0 heterocycles. The van der Waals surface area contributed by atoms with Crippen LogP contribution in [0.25, 0.3) is 0 Å². The molecule has 0 spiro atoms. The van der Waals surface area contributed by atoms with Crippen LogP contribution in [0.15, 0.2) is 0 Å². The van der Waals surface area contributed by atoms with Crippen LogP contribution < -0.4 is 5.32 Å². The van der Waals surface area contributed by atoms with Crippen LogP contribution in [0.1, 0.15) is 51.9 Å². The molecule has 0 radical (unpaired) electrons. The van der Waals surface area contributed by atoms with Gasteiger partial charge in [0.15, 0.2) is 0 Å². The smallest absolute Gasteiger partial charge is 0.103 e. The zero-order valence-electron chi connectivity index (χ0n) is 10.6. The zero-order chi connectivity index (χ0) is 11.9. The summed E-state index contributed by atoms with van der Waals surface area (Å²) in [4.78, 5) is 0. The predicted molar refractivity (Wildman–Crippen MR) is 65.1 cm³/mol. The van der Waals surface area contributed by atoms with E-state index in [2.05, 4.69) is 11.4 Å². The summed E-state index contributed by atoms with van der Waals surface area (Å²) in [6.45, 7) is 2.73. The van der Waals surface area contributed by atoms with E-state index >= 15 is 0 Å². The molecule has 0 aromatic carbocycles. The SMILES string of the molecule is CNC(C)(C#N)CCCOC1CCCCC1. The van der Waals surface area contributed by atoms with Gasteiger partial charge >= 0.3 is 0 Å². The maximum atomic E-state index is 8.98. The summed E-state index contributed by atoms with van der Waals surface area (Å²) in [6, 6.07) is 2.30. The Hall–Kier alpha value is -0.590. The molecule has 0 aromatic heterocycles. The minimum atomic E-state index is -0.393. The van der Waals surface area contributed by atoms with E-state index in [1.807, 2.05) is 14.0 Å². The summed E-state index contributed by atoms with van der Waals surface area (Å²) < 4.78 is 5.83. The number of hydrogen-bond acceptors (Lipinski definition) is 3. The Bertz CT molecular complexity index is 231. The van der Waals surface area contributed by atoms with Gasteiger partial charge in [0.25, 0.3) is 0 Å². The van der Waals surface area contributed by atoms with Crippen molar-refractivity contribution in [1.82, 2.24) is 5.32 Å².